The van der Waals surface area contributed by atoms with Crippen LogP contribution in [-0.4, -0.2) is 17.6 Å². The Hall–Kier alpha value is -1.59. The summed E-state index contributed by atoms with van der Waals surface area (Å²) in [6, 6.07) is 3.45. The molecule has 1 amide bonds. The first kappa shape index (κ1) is 13.8. The molecular weight excluding hydrogens is 262 g/mol. The van der Waals surface area contributed by atoms with E-state index in [2.05, 4.69) is 5.32 Å². The molecule has 2 rings (SSSR count). The Bertz CT molecular complexity index is 545. The Morgan fingerprint density at radius 1 is 1.53 bits per heavy atom. The molecule has 0 radical (unpaired) electrons. The zero-order valence-corrected chi connectivity index (χ0v) is 11.8. The van der Waals surface area contributed by atoms with Gasteiger partial charge in [0.05, 0.1) is 11.8 Å². The average molecular weight is 279 g/mol. The summed E-state index contributed by atoms with van der Waals surface area (Å²) in [6.07, 6.45) is 1.27. The van der Waals surface area contributed by atoms with E-state index in [1.165, 1.54) is 6.26 Å². The van der Waals surface area contributed by atoms with Gasteiger partial charge in [-0.25, -0.2) is 0 Å². The molecule has 0 unspecified atom stereocenters. The maximum atomic E-state index is 11.9. The number of hydrogen-bond donors (Lipinski definition) is 2. The van der Waals surface area contributed by atoms with Gasteiger partial charge in [-0.2, -0.15) is 0 Å². The van der Waals surface area contributed by atoms with Crippen LogP contribution < -0.4 is 5.32 Å². The second-order valence-electron chi connectivity index (χ2n) is 4.41. The summed E-state index contributed by atoms with van der Waals surface area (Å²) in [5.41, 5.74) is 1.74. The number of rotatable bonds is 5. The van der Waals surface area contributed by atoms with Gasteiger partial charge in [0.2, 0.25) is 0 Å². The Labute approximate surface area is 116 Å². The first-order valence-corrected chi connectivity index (χ1v) is 7.02. The van der Waals surface area contributed by atoms with Gasteiger partial charge in [0.1, 0.15) is 11.9 Å². The largest absolute Gasteiger partial charge is 0.467 e. The van der Waals surface area contributed by atoms with Crippen molar-refractivity contribution in [2.75, 3.05) is 6.54 Å². The molecule has 0 aliphatic heterocycles. The highest BCUT2D eigenvalue weighted by Crippen LogP contribution is 2.20. The fraction of sp³-hybridized carbons (Fsp3) is 0.357. The fourth-order valence-corrected chi connectivity index (χ4v) is 2.64. The smallest absolute Gasteiger partial charge is 0.252 e. The fourth-order valence-electron chi connectivity index (χ4n) is 1.78. The van der Waals surface area contributed by atoms with Crippen molar-refractivity contribution < 1.29 is 14.3 Å². The minimum absolute atomic E-state index is 0.0894. The lowest BCUT2D eigenvalue weighted by atomic mass is 10.1. The van der Waals surface area contributed by atoms with Crippen LogP contribution in [0.2, 0.25) is 0 Å². The quantitative estimate of drug-likeness (QED) is 0.884. The van der Waals surface area contributed by atoms with Crippen molar-refractivity contribution in [3.05, 3.63) is 45.5 Å². The number of carbonyl (C=O) groups is 1. The Balaban J connectivity index is 1.83. The summed E-state index contributed by atoms with van der Waals surface area (Å²) in [5.74, 6) is 0.435. The van der Waals surface area contributed by atoms with Crippen LogP contribution in [0.15, 0.2) is 28.2 Å². The van der Waals surface area contributed by atoms with Crippen molar-refractivity contribution in [3.63, 3.8) is 0 Å². The molecule has 19 heavy (non-hydrogen) atoms. The zero-order chi connectivity index (χ0) is 13.8. The summed E-state index contributed by atoms with van der Waals surface area (Å²) in [6.45, 7) is 4.35. The zero-order valence-electron chi connectivity index (χ0n) is 11.0. The monoisotopic (exact) mass is 279 g/mol. The van der Waals surface area contributed by atoms with Gasteiger partial charge in [0, 0.05) is 16.8 Å². The molecule has 2 aromatic rings. The van der Waals surface area contributed by atoms with Crippen molar-refractivity contribution >= 4 is 17.2 Å². The van der Waals surface area contributed by atoms with E-state index >= 15 is 0 Å². The Kier molecular flexibility index (Phi) is 4.39. The summed E-state index contributed by atoms with van der Waals surface area (Å²) < 4.78 is 5.10. The van der Waals surface area contributed by atoms with Gasteiger partial charge < -0.3 is 14.8 Å². The lowest BCUT2D eigenvalue weighted by Gasteiger charge is -2.09. The highest BCUT2D eigenvalue weighted by atomic mass is 32.1. The number of hydrogen-bond acceptors (Lipinski definition) is 4. The van der Waals surface area contributed by atoms with Crippen LogP contribution in [0.5, 0.6) is 0 Å². The van der Waals surface area contributed by atoms with Crippen molar-refractivity contribution in [1.29, 1.82) is 0 Å². The molecule has 0 aliphatic rings. The number of thiophene rings is 1. The van der Waals surface area contributed by atoms with E-state index in [1.54, 1.807) is 23.5 Å². The summed E-state index contributed by atoms with van der Waals surface area (Å²) in [7, 11) is 0. The van der Waals surface area contributed by atoms with Crippen LogP contribution in [0.25, 0.3) is 0 Å². The van der Waals surface area contributed by atoms with Crippen molar-refractivity contribution in [2.24, 2.45) is 0 Å². The van der Waals surface area contributed by atoms with Gasteiger partial charge in [0.15, 0.2) is 0 Å². The van der Waals surface area contributed by atoms with E-state index in [4.69, 9.17) is 4.42 Å². The number of aryl methyl sites for hydroxylation is 1. The van der Waals surface area contributed by atoms with Crippen LogP contribution in [0, 0.1) is 13.8 Å². The van der Waals surface area contributed by atoms with Gasteiger partial charge in [-0.05, 0) is 38.0 Å². The molecule has 0 fully saturated rings. The molecule has 2 aromatic heterocycles. The predicted molar refractivity (Wildman–Crippen MR) is 74.4 cm³/mol. The molecule has 0 saturated heterocycles. The Morgan fingerprint density at radius 3 is 2.89 bits per heavy atom. The second kappa shape index (κ2) is 6.04. The SMILES string of the molecule is Cc1scc(C(=O)NCC[C@H](O)c2ccco2)c1C. The Morgan fingerprint density at radius 2 is 2.32 bits per heavy atom. The molecule has 0 bridgehead atoms. The van der Waals surface area contributed by atoms with E-state index in [0.717, 1.165) is 16.0 Å². The molecule has 4 nitrogen and oxygen atoms in total. The van der Waals surface area contributed by atoms with E-state index in [1.807, 2.05) is 19.2 Å². The number of nitrogens with one attached hydrogen (secondary N) is 1. The molecule has 1 atom stereocenters. The highest BCUT2D eigenvalue weighted by molar-refractivity contribution is 7.10. The molecule has 0 aliphatic carbocycles. The third kappa shape index (κ3) is 3.24. The molecule has 102 valence electrons. The summed E-state index contributed by atoms with van der Waals surface area (Å²) in [4.78, 5) is 13.1. The predicted octanol–water partition coefficient (Wildman–Crippen LogP) is 2.81. The number of furan rings is 1. The first-order chi connectivity index (χ1) is 9.09. The van der Waals surface area contributed by atoms with E-state index in [0.29, 0.717) is 18.7 Å². The molecule has 0 spiro atoms. The maximum absolute atomic E-state index is 11.9. The molecule has 5 heteroatoms. The highest BCUT2D eigenvalue weighted by Gasteiger charge is 2.14. The maximum Gasteiger partial charge on any atom is 0.252 e. The standard InChI is InChI=1S/C14H17NO3S/c1-9-10(2)19-8-11(9)14(17)15-6-5-12(16)13-4-3-7-18-13/h3-4,7-8,12,16H,5-6H2,1-2H3,(H,15,17)/t12-/m0/s1. The van der Waals surface area contributed by atoms with E-state index < -0.39 is 6.10 Å². The van der Waals surface area contributed by atoms with Crippen molar-refractivity contribution in [2.45, 2.75) is 26.4 Å². The average Bonchev–Trinajstić information content (AvgIpc) is 3.01. The normalized spacial score (nSPS) is 12.4. The molecule has 0 saturated carbocycles. The number of amides is 1. The minimum Gasteiger partial charge on any atom is -0.467 e. The molecule has 2 heterocycles. The van der Waals surface area contributed by atoms with E-state index in [-0.39, 0.29) is 5.91 Å². The van der Waals surface area contributed by atoms with Crippen LogP contribution in [0.1, 0.15) is 39.1 Å². The third-order valence-electron chi connectivity index (χ3n) is 3.11. The van der Waals surface area contributed by atoms with Crippen LogP contribution in [0.4, 0.5) is 0 Å². The van der Waals surface area contributed by atoms with Crippen LogP contribution >= 0.6 is 11.3 Å². The molecular formula is C14H17NO3S. The summed E-state index contributed by atoms with van der Waals surface area (Å²) >= 11 is 1.57. The third-order valence-corrected chi connectivity index (χ3v) is 4.12. The van der Waals surface area contributed by atoms with Crippen molar-refractivity contribution in [3.8, 4) is 0 Å². The molecule has 2 N–H and O–H groups in total. The van der Waals surface area contributed by atoms with Gasteiger partial charge in [-0.15, -0.1) is 11.3 Å². The number of aliphatic hydroxyl groups excluding tert-OH is 1. The first-order valence-electron chi connectivity index (χ1n) is 6.14. The lowest BCUT2D eigenvalue weighted by Crippen LogP contribution is -2.25. The van der Waals surface area contributed by atoms with Gasteiger partial charge >= 0.3 is 0 Å². The van der Waals surface area contributed by atoms with Gasteiger partial charge in [-0.3, -0.25) is 4.79 Å². The second-order valence-corrected chi connectivity index (χ2v) is 5.49. The topological polar surface area (TPSA) is 62.5 Å². The molecule has 0 aromatic carbocycles. The summed E-state index contributed by atoms with van der Waals surface area (Å²) in [5, 5.41) is 14.5. The minimum atomic E-state index is -0.680. The van der Waals surface area contributed by atoms with Crippen LogP contribution in [0.3, 0.4) is 0 Å². The lowest BCUT2D eigenvalue weighted by molar-refractivity contribution is 0.0936. The number of carbonyl (C=O) groups excluding carboxylic acids is 1. The van der Waals surface area contributed by atoms with Gasteiger partial charge in [-0.1, -0.05) is 0 Å². The number of aliphatic hydroxyl groups is 1. The van der Waals surface area contributed by atoms with Gasteiger partial charge in [0.25, 0.3) is 5.91 Å². The van der Waals surface area contributed by atoms with Crippen molar-refractivity contribution in [1.82, 2.24) is 5.32 Å². The van der Waals surface area contributed by atoms with Crippen LogP contribution in [-0.2, 0) is 0 Å². The van der Waals surface area contributed by atoms with E-state index in [9.17, 15) is 9.90 Å².